The molecule has 1 aliphatic rings. The van der Waals surface area contributed by atoms with Gasteiger partial charge in [-0.1, -0.05) is 95.3 Å². The van der Waals surface area contributed by atoms with Gasteiger partial charge in [0.2, 0.25) is 0 Å². The van der Waals surface area contributed by atoms with E-state index in [1.807, 2.05) is 25.7 Å². The van der Waals surface area contributed by atoms with Gasteiger partial charge in [-0.05, 0) is 55.4 Å². The number of carbonyl (C=O) groups excluding carboxylic acids is 1. The smallest absolute Gasteiger partial charge is 0.410 e. The molecule has 6 heteroatoms. The molecule has 2 atom stereocenters. The van der Waals surface area contributed by atoms with Gasteiger partial charge in [0.25, 0.3) is 8.32 Å². The van der Waals surface area contributed by atoms with E-state index in [4.69, 9.17) is 9.16 Å². The molecule has 204 valence electrons. The van der Waals surface area contributed by atoms with Gasteiger partial charge in [-0.2, -0.15) is 0 Å². The maximum atomic E-state index is 13.3. The van der Waals surface area contributed by atoms with Crippen molar-refractivity contribution in [3.63, 3.8) is 0 Å². The van der Waals surface area contributed by atoms with Crippen molar-refractivity contribution in [2.45, 2.75) is 103 Å². The summed E-state index contributed by atoms with van der Waals surface area (Å²) in [4.78, 5) is 15.2. The van der Waals surface area contributed by atoms with Crippen molar-refractivity contribution in [3.05, 3.63) is 60.7 Å². The summed E-state index contributed by atoms with van der Waals surface area (Å²) in [7, 11) is -2.60. The molecule has 0 saturated carbocycles. The molecule has 1 N–H and O–H groups in total. The summed E-state index contributed by atoms with van der Waals surface area (Å²) < 4.78 is 13.0. The maximum absolute atomic E-state index is 13.3. The Hall–Kier alpha value is -2.15. The number of nitrogens with zero attached hydrogens (tertiary/aromatic N) is 1. The average molecular weight is 525 g/mol. The first-order valence-electron chi connectivity index (χ1n) is 13.8. The summed E-state index contributed by atoms with van der Waals surface area (Å²) in [6.07, 6.45) is 2.55. The van der Waals surface area contributed by atoms with E-state index in [-0.39, 0.29) is 23.2 Å². The van der Waals surface area contributed by atoms with Crippen molar-refractivity contribution in [3.8, 4) is 0 Å². The summed E-state index contributed by atoms with van der Waals surface area (Å²) in [5.41, 5.74) is -0.522. The van der Waals surface area contributed by atoms with E-state index in [9.17, 15) is 4.79 Å². The van der Waals surface area contributed by atoms with Crippen LogP contribution in [0.2, 0.25) is 5.04 Å². The van der Waals surface area contributed by atoms with Crippen LogP contribution in [0.5, 0.6) is 0 Å². The predicted molar refractivity (Wildman–Crippen MR) is 156 cm³/mol. The maximum Gasteiger partial charge on any atom is 0.410 e. The van der Waals surface area contributed by atoms with E-state index in [1.54, 1.807) is 0 Å². The Morgan fingerprint density at radius 1 is 0.946 bits per heavy atom. The van der Waals surface area contributed by atoms with Gasteiger partial charge in [0, 0.05) is 31.3 Å². The van der Waals surface area contributed by atoms with Crippen LogP contribution in [-0.2, 0) is 9.16 Å². The lowest BCUT2D eigenvalue weighted by Crippen LogP contribution is -2.66. The van der Waals surface area contributed by atoms with Gasteiger partial charge in [-0.25, -0.2) is 4.79 Å². The fourth-order valence-corrected chi connectivity index (χ4v) is 10.2. The molecule has 0 bridgehead atoms. The van der Waals surface area contributed by atoms with Crippen molar-refractivity contribution in [1.82, 2.24) is 10.2 Å². The van der Waals surface area contributed by atoms with Gasteiger partial charge >= 0.3 is 6.09 Å². The average Bonchev–Trinajstić information content (AvgIpc) is 2.81. The molecule has 0 spiro atoms. The van der Waals surface area contributed by atoms with Crippen molar-refractivity contribution in [2.75, 3.05) is 13.2 Å². The van der Waals surface area contributed by atoms with E-state index in [0.29, 0.717) is 19.2 Å². The van der Waals surface area contributed by atoms with Crippen molar-refractivity contribution in [1.29, 1.82) is 0 Å². The molecule has 1 aliphatic heterocycles. The number of benzene rings is 2. The lowest BCUT2D eigenvalue weighted by atomic mass is 9.96. The highest BCUT2D eigenvalue weighted by Crippen LogP contribution is 2.37. The second-order valence-electron chi connectivity index (χ2n) is 12.7. The molecular formula is C31H48N2O3Si. The number of likely N-dealkylation sites (tertiary alicyclic amines) is 1. The molecule has 0 unspecified atom stereocenters. The van der Waals surface area contributed by atoms with Crippen LogP contribution in [0.15, 0.2) is 60.7 Å². The third-order valence-corrected chi connectivity index (χ3v) is 12.1. The minimum Gasteiger partial charge on any atom is -0.444 e. The van der Waals surface area contributed by atoms with E-state index in [2.05, 4.69) is 101 Å². The molecule has 3 rings (SSSR count). The monoisotopic (exact) mass is 524 g/mol. The Morgan fingerprint density at radius 3 is 1.95 bits per heavy atom. The first-order chi connectivity index (χ1) is 17.3. The van der Waals surface area contributed by atoms with Crippen molar-refractivity contribution < 1.29 is 14.0 Å². The van der Waals surface area contributed by atoms with Crippen LogP contribution in [0.3, 0.4) is 0 Å². The Bertz CT molecular complexity index is 944. The van der Waals surface area contributed by atoms with Gasteiger partial charge in [-0.3, -0.25) is 0 Å². The van der Waals surface area contributed by atoms with E-state index < -0.39 is 13.9 Å². The van der Waals surface area contributed by atoms with Crippen molar-refractivity contribution in [2.24, 2.45) is 0 Å². The highest BCUT2D eigenvalue weighted by molar-refractivity contribution is 6.99. The molecule has 0 radical (unpaired) electrons. The minimum atomic E-state index is -2.60. The quantitative estimate of drug-likeness (QED) is 0.449. The Kier molecular flexibility index (Phi) is 9.65. The number of rotatable bonds is 8. The number of hydrogen-bond donors (Lipinski definition) is 1. The summed E-state index contributed by atoms with van der Waals surface area (Å²) >= 11 is 0. The van der Waals surface area contributed by atoms with Crippen LogP contribution in [0.1, 0.15) is 74.7 Å². The van der Waals surface area contributed by atoms with Gasteiger partial charge < -0.3 is 19.4 Å². The zero-order valence-electron chi connectivity index (χ0n) is 24.2. The lowest BCUT2D eigenvalue weighted by Gasteiger charge is -2.44. The number of piperidine rings is 1. The van der Waals surface area contributed by atoms with Crippen LogP contribution in [-0.4, -0.2) is 56.2 Å². The largest absolute Gasteiger partial charge is 0.444 e. The first kappa shape index (κ1) is 29.4. The van der Waals surface area contributed by atoms with Crippen LogP contribution in [0.25, 0.3) is 0 Å². The molecule has 0 aromatic heterocycles. The highest BCUT2D eigenvalue weighted by Gasteiger charge is 2.50. The SMILES string of the molecule is CC(C)N[C@@H]1CC[C@H](CCO[Si](c2ccccc2)(c2ccccc2)C(C)(C)C)N(C(=O)OC(C)(C)C)C1. The molecule has 5 nitrogen and oxygen atoms in total. The van der Waals surface area contributed by atoms with E-state index in [0.717, 1.165) is 19.3 Å². The molecule has 37 heavy (non-hydrogen) atoms. The standard InChI is InChI=1S/C31H48N2O3Si/c1-24(2)32-25-19-20-26(33(23-25)29(34)36-30(3,4)5)21-22-35-37(31(6,7)8,27-15-11-9-12-16-27)28-17-13-10-14-18-28/h9-18,24-26,32H,19-23H2,1-8H3/t25-,26-/m1/s1. The van der Waals surface area contributed by atoms with Gasteiger partial charge in [0.05, 0.1) is 0 Å². The topological polar surface area (TPSA) is 50.8 Å². The Labute approximate surface area is 226 Å². The molecule has 1 amide bonds. The number of hydrogen-bond acceptors (Lipinski definition) is 4. The highest BCUT2D eigenvalue weighted by atomic mass is 28.4. The van der Waals surface area contributed by atoms with E-state index >= 15 is 0 Å². The summed E-state index contributed by atoms with van der Waals surface area (Å²) in [6.45, 7) is 18.3. The Balaban J connectivity index is 1.86. The molecule has 1 heterocycles. The van der Waals surface area contributed by atoms with E-state index in [1.165, 1.54) is 10.4 Å². The molecule has 2 aromatic carbocycles. The molecule has 1 fully saturated rings. The number of amides is 1. The lowest BCUT2D eigenvalue weighted by molar-refractivity contribution is 0.00275. The van der Waals surface area contributed by atoms with Crippen molar-refractivity contribution >= 4 is 24.8 Å². The van der Waals surface area contributed by atoms with Crippen LogP contribution >= 0.6 is 0 Å². The second kappa shape index (κ2) is 12.1. The normalized spacial score (nSPS) is 19.2. The fourth-order valence-electron chi connectivity index (χ4n) is 5.59. The predicted octanol–water partition coefficient (Wildman–Crippen LogP) is 5.72. The van der Waals surface area contributed by atoms with Crippen LogP contribution in [0.4, 0.5) is 4.79 Å². The first-order valence-corrected chi connectivity index (χ1v) is 15.7. The van der Waals surface area contributed by atoms with Gasteiger partial charge in [-0.15, -0.1) is 0 Å². The number of ether oxygens (including phenoxy) is 1. The zero-order valence-corrected chi connectivity index (χ0v) is 25.2. The third kappa shape index (κ3) is 7.46. The summed E-state index contributed by atoms with van der Waals surface area (Å²) in [5, 5.41) is 6.11. The minimum absolute atomic E-state index is 0.0700. The number of carbonyl (C=O) groups is 1. The molecule has 0 aliphatic carbocycles. The van der Waals surface area contributed by atoms with Crippen LogP contribution < -0.4 is 15.7 Å². The van der Waals surface area contributed by atoms with Gasteiger partial charge in [0.1, 0.15) is 5.60 Å². The Morgan fingerprint density at radius 2 is 1.49 bits per heavy atom. The summed E-state index contributed by atoms with van der Waals surface area (Å²) in [6, 6.07) is 22.2. The molecular weight excluding hydrogens is 476 g/mol. The van der Waals surface area contributed by atoms with Crippen LogP contribution in [0, 0.1) is 0 Å². The molecule has 1 saturated heterocycles. The number of nitrogens with one attached hydrogen (secondary N) is 1. The summed E-state index contributed by atoms with van der Waals surface area (Å²) in [5.74, 6) is 0. The van der Waals surface area contributed by atoms with Gasteiger partial charge in [0.15, 0.2) is 0 Å². The third-order valence-electron chi connectivity index (χ3n) is 7.09. The fraction of sp³-hybridized carbons (Fsp3) is 0.581. The zero-order chi connectivity index (χ0) is 27.3. The molecule has 2 aromatic rings. The second-order valence-corrected chi connectivity index (χ2v) is 17.0.